The minimum atomic E-state index is -2.63. The second-order valence-electron chi connectivity index (χ2n) is 30.3. The quantitative estimate of drug-likeness (QED) is 0.0306. The standard InChI is InChI=1S/C66H111N3O51/c1-14(78)67-27-37(88)50(22(9-75)104-57(27)101)114-58-28(68-15(2)79)38(89)52(24(11-77)110-58)116-64-49(100)54(118-66-56(44(95)34(85)21(8-74)109-66)119-59-29(69-16(3)80)39(90)51(23(10-76)111-59)115-61-45(96)40(91)30(81)17(4-70)105-61)36(87)26(113-64)12-102-60-48(99)53(117-62-46(97)41(92)31(82)18(5-71)106-62)35(86)25(112-60)13-103-65-55(43(94)33(84)20(7-73)108-65)120-63-47(98)42(93)32(83)19(6-72)107-63/h17-66,70-77,81-101H,4-13H2,1-3H3,(H,67,78)(H,68,79)(H,69,80)/t17-,18-,19-,20-,21-,22-,23-,24-,25-,26-,27-,28-,29-,30+,31-,32-,33-,34-,35-,36-,37-,38-,39-,40+,41+,42+,43+,44+,45-,46+,47+,48+,49+,50-,51-,52-,53+,54+,55+,56+,57-,58+,59+,60+,61+,62-,63-,64+,65+,66-/m1/s1. The predicted octanol–water partition coefficient (Wildman–Crippen LogP) is -22.4. The van der Waals surface area contributed by atoms with Gasteiger partial charge in [0.1, 0.15) is 244 Å². The normalized spacial score (nSPS) is 50.4. The number of aliphatic hydroxyl groups excluding tert-OH is 29. The van der Waals surface area contributed by atoms with Gasteiger partial charge in [-0.15, -0.1) is 0 Å². The van der Waals surface area contributed by atoms with Crippen molar-refractivity contribution in [3.05, 3.63) is 0 Å². The minimum Gasteiger partial charge on any atom is -0.394 e. The molecule has 50 atom stereocenters. The average Bonchev–Trinajstić information content (AvgIpc) is 0.767. The molecule has 0 saturated carbocycles. The van der Waals surface area contributed by atoms with E-state index in [0.717, 1.165) is 20.8 Å². The Morgan fingerprint density at radius 1 is 0.217 bits per heavy atom. The summed E-state index contributed by atoms with van der Waals surface area (Å²) in [4.78, 5) is 38.2. The van der Waals surface area contributed by atoms with Crippen LogP contribution in [0.5, 0.6) is 0 Å². The summed E-state index contributed by atoms with van der Waals surface area (Å²) < 4.78 is 112. The molecule has 0 aromatic carbocycles. The Bertz CT molecular complexity index is 3180. The Hall–Kier alpha value is -3.51. The van der Waals surface area contributed by atoms with E-state index in [-0.39, 0.29) is 0 Å². The number of carbonyl (C=O) groups excluding carboxylic acids is 3. The fourth-order valence-electron chi connectivity index (χ4n) is 15.4. The highest BCUT2D eigenvalue weighted by Crippen LogP contribution is 2.41. The summed E-state index contributed by atoms with van der Waals surface area (Å²) in [6.07, 6.45) is -100. The smallest absolute Gasteiger partial charge is 0.217 e. The van der Waals surface area contributed by atoms with Gasteiger partial charge < -0.3 is 254 Å². The summed E-state index contributed by atoms with van der Waals surface area (Å²) in [6, 6.07) is -5.62. The van der Waals surface area contributed by atoms with Gasteiger partial charge in [0, 0.05) is 20.8 Å². The number of hydrogen-bond donors (Lipinski definition) is 32. The van der Waals surface area contributed by atoms with E-state index in [0.29, 0.717) is 0 Å². The van der Waals surface area contributed by atoms with E-state index >= 15 is 0 Å². The maximum atomic E-state index is 13.1. The molecule has 0 bridgehead atoms. The molecule has 0 aromatic heterocycles. The molecule has 10 fully saturated rings. The third-order valence-corrected chi connectivity index (χ3v) is 22.1. The number of nitrogens with one attached hydrogen (secondary N) is 3. The molecule has 0 aromatic rings. The van der Waals surface area contributed by atoms with Gasteiger partial charge in [0.25, 0.3) is 0 Å². The number of carbonyl (C=O) groups is 3. The van der Waals surface area contributed by atoms with Gasteiger partial charge in [0.05, 0.1) is 66.1 Å². The first-order valence-corrected chi connectivity index (χ1v) is 38.2. The highest BCUT2D eigenvalue weighted by Gasteiger charge is 2.61. The topological polar surface area (TPSA) is 849 Å². The van der Waals surface area contributed by atoms with Crippen molar-refractivity contribution >= 4 is 17.7 Å². The van der Waals surface area contributed by atoms with Crippen molar-refractivity contribution in [3.63, 3.8) is 0 Å². The van der Waals surface area contributed by atoms with E-state index in [1.807, 2.05) is 0 Å². The second-order valence-corrected chi connectivity index (χ2v) is 30.3. The molecule has 0 spiro atoms. The Balaban J connectivity index is 0.992. The summed E-state index contributed by atoms with van der Waals surface area (Å²) >= 11 is 0. The van der Waals surface area contributed by atoms with Crippen molar-refractivity contribution in [1.29, 1.82) is 0 Å². The predicted molar refractivity (Wildman–Crippen MR) is 364 cm³/mol. The third-order valence-electron chi connectivity index (χ3n) is 22.1. The molecule has 0 radical (unpaired) electrons. The molecule has 10 heterocycles. The first-order chi connectivity index (χ1) is 56.8. The lowest BCUT2D eigenvalue weighted by molar-refractivity contribution is -0.399. The molecule has 696 valence electrons. The van der Waals surface area contributed by atoms with Crippen molar-refractivity contribution in [2.75, 3.05) is 66.1 Å². The SMILES string of the molecule is CC(=O)N[C@@H]1[C@@H](O)[C@H](O[C@@H]2O[C@H](CO)[C@@H](O[C@@H]3O[C@H](CO[C@H]4O[C@H](CO[C@H]5O[C@H](CO)[C@@H](O)[C@H](O)[C@@H]5O[C@H]5O[C@H](CO)[C@@H](O)[C@H](O)[C@@H]5O)[C@@H](O)[C@H](O[C@H]5O[C@H](CO)[C@@H](O)[C@H](O)[C@@H]5O)[C@@H]4O)[C@@H](O)[C@H](O[C@H]4O[C@H](CO)[C@@H](O)[C@H](O)[C@@H]4O[C@@H]4O[C@H](CO)[C@@H](O[C@@H]5O[C@H](CO)[C@H](O)[C@H](O)[C@H]5O)[C@H](O)[C@H]4NC(C)=O)[C@@H]3O)[C@H](O)[C@H]2NC(C)=O)[C@@H](CO)O[C@H]1O. The maximum absolute atomic E-state index is 13.1. The van der Waals surface area contributed by atoms with Crippen LogP contribution in [0.2, 0.25) is 0 Å². The fourth-order valence-corrected chi connectivity index (χ4v) is 15.4. The van der Waals surface area contributed by atoms with E-state index in [2.05, 4.69) is 16.0 Å². The number of rotatable bonds is 31. The Morgan fingerprint density at radius 3 is 0.833 bits per heavy atom. The maximum Gasteiger partial charge on any atom is 0.217 e. The molecule has 10 rings (SSSR count). The molecule has 10 aliphatic rings. The van der Waals surface area contributed by atoms with Crippen LogP contribution < -0.4 is 16.0 Å². The molecule has 3 amide bonds. The summed E-state index contributed by atoms with van der Waals surface area (Å²) in [6.45, 7) is -8.31. The summed E-state index contributed by atoms with van der Waals surface area (Å²) in [5.41, 5.74) is 0. The van der Waals surface area contributed by atoms with Crippen LogP contribution in [-0.2, 0) is 104 Å². The van der Waals surface area contributed by atoms with Crippen molar-refractivity contribution in [2.45, 2.75) is 328 Å². The van der Waals surface area contributed by atoms with E-state index in [1.165, 1.54) is 0 Å². The van der Waals surface area contributed by atoms with Crippen LogP contribution in [0.1, 0.15) is 20.8 Å². The van der Waals surface area contributed by atoms with E-state index < -0.39 is 391 Å². The van der Waals surface area contributed by atoms with Crippen LogP contribution in [0.4, 0.5) is 0 Å². The molecule has 54 nitrogen and oxygen atoms in total. The zero-order chi connectivity index (χ0) is 88.2. The number of hydrogen-bond acceptors (Lipinski definition) is 51. The zero-order valence-electron chi connectivity index (χ0n) is 63.9. The van der Waals surface area contributed by atoms with Crippen molar-refractivity contribution in [2.24, 2.45) is 0 Å². The molecule has 0 unspecified atom stereocenters. The van der Waals surface area contributed by atoms with Gasteiger partial charge in [-0.3, -0.25) is 14.4 Å². The lowest BCUT2D eigenvalue weighted by Gasteiger charge is -2.51. The molecule has 0 aliphatic carbocycles. The van der Waals surface area contributed by atoms with Gasteiger partial charge in [-0.05, 0) is 0 Å². The first kappa shape index (κ1) is 98.7. The molecule has 10 aliphatic heterocycles. The molecule has 10 saturated heterocycles. The van der Waals surface area contributed by atoms with Gasteiger partial charge in [-0.25, -0.2) is 0 Å². The van der Waals surface area contributed by atoms with Crippen LogP contribution in [-0.4, -0.2) is 539 Å². The van der Waals surface area contributed by atoms with E-state index in [4.69, 9.17) is 90.0 Å². The fraction of sp³-hybridized carbons (Fsp3) is 0.955. The molecular weight excluding hydrogens is 1650 g/mol. The van der Waals surface area contributed by atoms with Gasteiger partial charge >= 0.3 is 0 Å². The molecule has 120 heavy (non-hydrogen) atoms. The Kier molecular flexibility index (Phi) is 35.4. The van der Waals surface area contributed by atoms with Gasteiger partial charge in [0.2, 0.25) is 17.7 Å². The highest BCUT2D eigenvalue weighted by molar-refractivity contribution is 5.74. The van der Waals surface area contributed by atoms with Crippen molar-refractivity contribution in [1.82, 2.24) is 16.0 Å². The van der Waals surface area contributed by atoms with Gasteiger partial charge in [-0.2, -0.15) is 0 Å². The lowest BCUT2D eigenvalue weighted by atomic mass is 9.93. The Morgan fingerprint density at radius 2 is 0.458 bits per heavy atom. The molecule has 32 N–H and O–H groups in total. The molecular formula is C66H111N3O51. The van der Waals surface area contributed by atoms with Crippen molar-refractivity contribution in [3.8, 4) is 0 Å². The minimum absolute atomic E-state index is 0.805. The number of aliphatic hydroxyl groups is 29. The average molecular weight is 1760 g/mol. The number of amides is 3. The van der Waals surface area contributed by atoms with Crippen LogP contribution in [0.3, 0.4) is 0 Å². The number of ether oxygens (including phenoxy) is 19. The Labute approximate surface area is 678 Å². The van der Waals surface area contributed by atoms with Crippen LogP contribution in [0, 0.1) is 0 Å². The van der Waals surface area contributed by atoms with E-state index in [9.17, 15) is 162 Å². The van der Waals surface area contributed by atoms with Crippen molar-refractivity contribution < 1.29 is 252 Å². The summed E-state index contributed by atoms with van der Waals surface area (Å²) in [5, 5.41) is 329. The van der Waals surface area contributed by atoms with Gasteiger partial charge in [0.15, 0.2) is 62.9 Å². The third kappa shape index (κ3) is 21.4. The summed E-state index contributed by atoms with van der Waals surface area (Å²) in [5.74, 6) is -2.75. The molecule has 54 heteroatoms. The monoisotopic (exact) mass is 1760 g/mol. The zero-order valence-corrected chi connectivity index (χ0v) is 63.9. The van der Waals surface area contributed by atoms with Crippen LogP contribution in [0.15, 0.2) is 0 Å². The lowest BCUT2D eigenvalue weighted by Crippen LogP contribution is -2.71. The van der Waals surface area contributed by atoms with Gasteiger partial charge in [-0.1, -0.05) is 0 Å². The summed E-state index contributed by atoms with van der Waals surface area (Å²) in [7, 11) is 0. The van der Waals surface area contributed by atoms with Crippen LogP contribution in [0.25, 0.3) is 0 Å². The van der Waals surface area contributed by atoms with Crippen LogP contribution >= 0.6 is 0 Å². The van der Waals surface area contributed by atoms with E-state index in [1.54, 1.807) is 0 Å². The highest BCUT2D eigenvalue weighted by atomic mass is 16.8. The largest absolute Gasteiger partial charge is 0.394 e. The first-order valence-electron chi connectivity index (χ1n) is 38.2. The second kappa shape index (κ2) is 43.1.